The van der Waals surface area contributed by atoms with Crippen LogP contribution in [0.25, 0.3) is 21.5 Å². The number of carbonyl (C=O) groups excluding carboxylic acids is 1. The Morgan fingerprint density at radius 1 is 1.17 bits per heavy atom. The van der Waals surface area contributed by atoms with Gasteiger partial charge in [-0.15, -0.1) is 11.3 Å². The highest BCUT2D eigenvalue weighted by Crippen LogP contribution is 2.49. The van der Waals surface area contributed by atoms with Gasteiger partial charge in [-0.2, -0.15) is 0 Å². The summed E-state index contributed by atoms with van der Waals surface area (Å²) in [5.41, 5.74) is 2.37. The fraction of sp³-hybridized carbons (Fsp3) is 0.600. The third-order valence-corrected chi connectivity index (χ3v) is 15.1. The van der Waals surface area contributed by atoms with Crippen LogP contribution in [0.15, 0.2) is 24.5 Å². The Bertz CT molecular complexity index is 1440. The van der Waals surface area contributed by atoms with Crippen LogP contribution in [0.3, 0.4) is 0 Å². The molecule has 1 aliphatic heterocycles. The molecule has 0 spiro atoms. The summed E-state index contributed by atoms with van der Waals surface area (Å²) in [5.74, 6) is -0.687. The summed E-state index contributed by atoms with van der Waals surface area (Å²) in [7, 11) is -0.714. The van der Waals surface area contributed by atoms with Crippen LogP contribution in [0, 0.1) is 10.1 Å². The number of imidazole rings is 1. The van der Waals surface area contributed by atoms with Crippen molar-refractivity contribution in [3.8, 4) is 10.4 Å². The average molecular weight is 599 g/mol. The number of thiophene rings is 1. The third kappa shape index (κ3) is 5.68. The zero-order chi connectivity index (χ0) is 29.5. The minimum absolute atomic E-state index is 0.0320. The van der Waals surface area contributed by atoms with E-state index in [9.17, 15) is 14.9 Å². The van der Waals surface area contributed by atoms with Crippen LogP contribution < -0.4 is 4.90 Å². The highest BCUT2D eigenvalue weighted by Gasteiger charge is 2.41. The van der Waals surface area contributed by atoms with Gasteiger partial charge in [-0.3, -0.25) is 10.1 Å². The molecular formula is C30H42N4O5SSi. The van der Waals surface area contributed by atoms with Gasteiger partial charge in [0.25, 0.3) is 0 Å². The highest BCUT2D eigenvalue weighted by atomic mass is 32.1. The van der Waals surface area contributed by atoms with Crippen LogP contribution in [0.1, 0.15) is 82.1 Å². The predicted octanol–water partition coefficient (Wildman–Crippen LogP) is 7.96. The number of nitro groups is 1. The first kappa shape index (κ1) is 29.7. The molecule has 3 aromatic rings. The Balaban J connectivity index is 1.54. The molecule has 41 heavy (non-hydrogen) atoms. The van der Waals surface area contributed by atoms with E-state index in [0.29, 0.717) is 34.6 Å². The van der Waals surface area contributed by atoms with E-state index in [1.54, 1.807) is 0 Å². The number of nitrogens with zero attached hydrogens (tertiary/aromatic N) is 4. The van der Waals surface area contributed by atoms with Crippen LogP contribution >= 0.6 is 11.3 Å². The summed E-state index contributed by atoms with van der Waals surface area (Å²) in [6, 6.07) is 6.33. The maximum Gasteiger partial charge on any atom is 0.347 e. The van der Waals surface area contributed by atoms with Crippen LogP contribution in [0.4, 0.5) is 10.7 Å². The van der Waals surface area contributed by atoms with Crippen molar-refractivity contribution in [2.45, 2.75) is 95.9 Å². The number of methoxy groups -OCH3 is 1. The zero-order valence-electron chi connectivity index (χ0n) is 25.1. The first-order chi connectivity index (χ1) is 19.4. The molecule has 11 heteroatoms. The summed E-state index contributed by atoms with van der Waals surface area (Å²) in [4.78, 5) is 32.5. The fourth-order valence-electron chi connectivity index (χ4n) is 5.89. The molecule has 0 bridgehead atoms. The molecule has 0 unspecified atom stereocenters. The summed E-state index contributed by atoms with van der Waals surface area (Å²) in [5, 5.41) is 13.2. The van der Waals surface area contributed by atoms with E-state index >= 15 is 0 Å². The maximum atomic E-state index is 13.1. The number of ether oxygens (including phenoxy) is 1. The second-order valence-corrected chi connectivity index (χ2v) is 18.7. The molecule has 2 aromatic heterocycles. The lowest BCUT2D eigenvalue weighted by Crippen LogP contribution is -2.44. The maximum absolute atomic E-state index is 13.1. The van der Waals surface area contributed by atoms with Crippen molar-refractivity contribution in [3.63, 3.8) is 0 Å². The molecule has 0 radical (unpaired) electrons. The van der Waals surface area contributed by atoms with E-state index in [4.69, 9.17) is 9.16 Å². The van der Waals surface area contributed by atoms with Gasteiger partial charge >= 0.3 is 11.7 Å². The average Bonchev–Trinajstić information content (AvgIpc) is 3.67. The molecule has 0 amide bonds. The number of carbonyl (C=O) groups is 1. The Hall–Kier alpha value is -2.76. The smallest absolute Gasteiger partial charge is 0.347 e. The number of anilines is 1. The van der Waals surface area contributed by atoms with Gasteiger partial charge in [-0.25, -0.2) is 9.78 Å². The molecule has 1 aliphatic carbocycles. The predicted molar refractivity (Wildman–Crippen MR) is 167 cm³/mol. The molecule has 3 heterocycles. The van der Waals surface area contributed by atoms with Crippen molar-refractivity contribution in [1.29, 1.82) is 0 Å². The summed E-state index contributed by atoms with van der Waals surface area (Å²) in [6.07, 6.45) is 9.74. The number of fused-ring (bicyclic) bond motifs is 1. The van der Waals surface area contributed by atoms with E-state index in [-0.39, 0.29) is 22.3 Å². The van der Waals surface area contributed by atoms with Crippen LogP contribution in [-0.2, 0) is 9.16 Å². The lowest BCUT2D eigenvalue weighted by molar-refractivity contribution is -0.384. The molecule has 9 nitrogen and oxygen atoms in total. The summed E-state index contributed by atoms with van der Waals surface area (Å²) < 4.78 is 13.9. The van der Waals surface area contributed by atoms with Gasteiger partial charge in [0, 0.05) is 18.2 Å². The van der Waals surface area contributed by atoms with Crippen molar-refractivity contribution >= 4 is 47.3 Å². The molecule has 5 rings (SSSR count). The van der Waals surface area contributed by atoms with E-state index in [1.165, 1.54) is 37.7 Å². The summed E-state index contributed by atoms with van der Waals surface area (Å²) >= 11 is 1.30. The highest BCUT2D eigenvalue weighted by molar-refractivity contribution is 7.20. The molecule has 2 fully saturated rings. The summed E-state index contributed by atoms with van der Waals surface area (Å²) in [6.45, 7) is 12.3. The minimum atomic E-state index is -1.99. The van der Waals surface area contributed by atoms with Gasteiger partial charge in [-0.1, -0.05) is 46.1 Å². The van der Waals surface area contributed by atoms with E-state index in [1.807, 2.05) is 24.5 Å². The Morgan fingerprint density at radius 3 is 2.56 bits per heavy atom. The number of hydrogen-bond donors (Lipinski definition) is 0. The van der Waals surface area contributed by atoms with E-state index in [0.717, 1.165) is 36.7 Å². The van der Waals surface area contributed by atoms with Gasteiger partial charge in [-0.05, 0) is 55.9 Å². The zero-order valence-corrected chi connectivity index (χ0v) is 26.9. The molecule has 1 aromatic carbocycles. The number of esters is 1. The number of aromatic nitrogens is 2. The molecule has 1 saturated carbocycles. The fourth-order valence-corrected chi connectivity index (χ4v) is 8.28. The largest absolute Gasteiger partial charge is 0.465 e. The Kier molecular flexibility index (Phi) is 8.33. The van der Waals surface area contributed by atoms with Gasteiger partial charge in [0.2, 0.25) is 0 Å². The SMILES string of the molecule is COC(=O)c1c(N2CCC[C@@H]2CO[Si](C)(C)C(C)(C)C)sc(-c2ccc3c(c2)ncn3C2CCCCC2)c1[N+](=O)[O-]. The van der Waals surface area contributed by atoms with Crippen molar-refractivity contribution < 1.29 is 18.9 Å². The van der Waals surface area contributed by atoms with Gasteiger partial charge in [0.05, 0.1) is 42.0 Å². The minimum Gasteiger partial charge on any atom is -0.465 e. The number of benzene rings is 1. The number of rotatable bonds is 8. The normalized spacial score (nSPS) is 18.8. The lowest BCUT2D eigenvalue weighted by atomic mass is 9.95. The van der Waals surface area contributed by atoms with Crippen LogP contribution in [-0.4, -0.2) is 55.1 Å². The molecule has 0 N–H and O–H groups in total. The van der Waals surface area contributed by atoms with Gasteiger partial charge in [0.1, 0.15) is 9.88 Å². The van der Waals surface area contributed by atoms with Crippen molar-refractivity contribution in [1.82, 2.24) is 9.55 Å². The van der Waals surface area contributed by atoms with Crippen molar-refractivity contribution in [3.05, 3.63) is 40.2 Å². The second-order valence-electron chi connectivity index (χ2n) is 12.9. The Labute approximate surface area is 247 Å². The van der Waals surface area contributed by atoms with E-state index in [2.05, 4.69) is 48.3 Å². The molecule has 222 valence electrons. The van der Waals surface area contributed by atoms with Crippen molar-refractivity contribution in [2.24, 2.45) is 0 Å². The molecule has 1 saturated heterocycles. The lowest BCUT2D eigenvalue weighted by Gasteiger charge is -2.38. The third-order valence-electron chi connectivity index (χ3n) is 9.32. The monoisotopic (exact) mass is 598 g/mol. The second kappa shape index (κ2) is 11.5. The van der Waals surface area contributed by atoms with Crippen LogP contribution in [0.2, 0.25) is 18.1 Å². The molecular weight excluding hydrogens is 557 g/mol. The van der Waals surface area contributed by atoms with Crippen molar-refractivity contribution in [2.75, 3.05) is 25.2 Å². The quantitative estimate of drug-likeness (QED) is 0.112. The van der Waals surface area contributed by atoms with Gasteiger partial charge < -0.3 is 18.6 Å². The molecule has 2 aliphatic rings. The van der Waals surface area contributed by atoms with Crippen LogP contribution in [0.5, 0.6) is 0 Å². The Morgan fingerprint density at radius 2 is 1.90 bits per heavy atom. The molecule has 1 atom stereocenters. The topological polar surface area (TPSA) is 99.7 Å². The van der Waals surface area contributed by atoms with Gasteiger partial charge in [0.15, 0.2) is 13.9 Å². The first-order valence-electron chi connectivity index (χ1n) is 14.7. The van der Waals surface area contributed by atoms with E-state index < -0.39 is 19.2 Å². The first-order valence-corrected chi connectivity index (χ1v) is 18.4. The number of hydrogen-bond acceptors (Lipinski definition) is 8. The standard InChI is InChI=1S/C30H42N4O5SSi/c1-30(2,3)41(5,6)39-18-22-13-10-16-32(22)28-25(29(35)38-4)26(34(36)37)27(40-28)20-14-15-24-23(17-20)31-19-33(24)21-11-8-7-9-12-21/h14-15,17,19,21-22H,7-13,16,18H2,1-6H3/t22-/m1/s1.